The van der Waals surface area contributed by atoms with E-state index >= 15 is 0 Å². The van der Waals surface area contributed by atoms with Gasteiger partial charge in [0.05, 0.1) is 34.4 Å². The zero-order valence-corrected chi connectivity index (χ0v) is 23.0. The lowest BCUT2D eigenvalue weighted by molar-refractivity contribution is -0.138. The Bertz CT molecular complexity index is 1680. The standard InChI is InChI=1S/C29H27F3N4O4S/c1-40-25-16-20(19-41(38,39)26-6-2-4-21-5-3-10-34-27(21)26)7-8-23(25)28(37)36-14-12-35(13-15-36)18-22-17-33-11-9-24(22)29(30,31)32/h2-11,16-17H,12-15,18-19H2,1H3. The molecule has 1 amide bonds. The van der Waals surface area contributed by atoms with Crippen molar-refractivity contribution in [3.8, 4) is 5.75 Å². The minimum absolute atomic E-state index is 0.0728. The zero-order chi connectivity index (χ0) is 29.2. The second kappa shape index (κ2) is 11.5. The topological polar surface area (TPSA) is 92.7 Å². The van der Waals surface area contributed by atoms with E-state index in [-0.39, 0.29) is 40.0 Å². The Morgan fingerprint density at radius 1 is 1.00 bits per heavy atom. The number of carbonyl (C=O) groups excluding carboxylic acids is 1. The van der Waals surface area contributed by atoms with Crippen LogP contribution in [0.25, 0.3) is 10.9 Å². The molecule has 0 spiro atoms. The number of hydrogen-bond acceptors (Lipinski definition) is 7. The van der Waals surface area contributed by atoms with Gasteiger partial charge in [0.15, 0.2) is 9.84 Å². The largest absolute Gasteiger partial charge is 0.496 e. The summed E-state index contributed by atoms with van der Waals surface area (Å²) in [6, 6.07) is 14.2. The average Bonchev–Trinajstić information content (AvgIpc) is 2.96. The maximum absolute atomic E-state index is 13.4. The average molecular weight is 585 g/mol. The number of benzene rings is 2. The second-order valence-electron chi connectivity index (χ2n) is 9.72. The molecule has 4 aromatic rings. The summed E-state index contributed by atoms with van der Waals surface area (Å²) in [5.41, 5.74) is 0.500. The molecule has 0 aliphatic carbocycles. The van der Waals surface area contributed by atoms with Crippen molar-refractivity contribution in [2.45, 2.75) is 23.4 Å². The number of nitrogens with zero attached hydrogens (tertiary/aromatic N) is 4. The van der Waals surface area contributed by atoms with E-state index in [1.54, 1.807) is 53.6 Å². The van der Waals surface area contributed by atoms with E-state index in [0.29, 0.717) is 42.6 Å². The van der Waals surface area contributed by atoms with E-state index in [0.717, 1.165) is 12.3 Å². The number of carbonyl (C=O) groups is 1. The van der Waals surface area contributed by atoms with Gasteiger partial charge in [0.1, 0.15) is 5.75 Å². The Kier molecular flexibility index (Phi) is 7.96. The van der Waals surface area contributed by atoms with Crippen molar-refractivity contribution >= 4 is 26.6 Å². The van der Waals surface area contributed by atoms with Crippen LogP contribution in [0.1, 0.15) is 27.0 Å². The second-order valence-corrected chi connectivity index (χ2v) is 11.7. The Hall–Kier alpha value is -4.03. The molecular weight excluding hydrogens is 557 g/mol. The first kappa shape index (κ1) is 28.5. The summed E-state index contributed by atoms with van der Waals surface area (Å²) in [7, 11) is -2.35. The van der Waals surface area contributed by atoms with Gasteiger partial charge < -0.3 is 9.64 Å². The molecule has 5 rings (SSSR count). The first-order valence-corrected chi connectivity index (χ1v) is 14.5. The third kappa shape index (κ3) is 6.18. The maximum Gasteiger partial charge on any atom is 0.416 e. The third-order valence-electron chi connectivity index (χ3n) is 7.05. The summed E-state index contributed by atoms with van der Waals surface area (Å²) in [6.45, 7) is 1.47. The molecule has 0 saturated carbocycles. The van der Waals surface area contributed by atoms with Crippen LogP contribution >= 0.6 is 0 Å². The number of para-hydroxylation sites is 1. The molecule has 0 bridgehead atoms. The van der Waals surface area contributed by atoms with Crippen LogP contribution in [0.4, 0.5) is 13.2 Å². The highest BCUT2D eigenvalue weighted by atomic mass is 32.2. The maximum atomic E-state index is 13.4. The van der Waals surface area contributed by atoms with Gasteiger partial charge >= 0.3 is 6.18 Å². The van der Waals surface area contributed by atoms with Crippen LogP contribution in [0.3, 0.4) is 0 Å². The van der Waals surface area contributed by atoms with Gasteiger partial charge in [-0.2, -0.15) is 13.2 Å². The lowest BCUT2D eigenvalue weighted by Gasteiger charge is -2.35. The minimum Gasteiger partial charge on any atom is -0.496 e. The number of amides is 1. The van der Waals surface area contributed by atoms with Crippen molar-refractivity contribution in [2.24, 2.45) is 0 Å². The molecule has 1 aliphatic heterocycles. The van der Waals surface area contributed by atoms with E-state index in [1.807, 2.05) is 4.90 Å². The van der Waals surface area contributed by atoms with Gasteiger partial charge in [-0.15, -0.1) is 0 Å². The predicted molar refractivity (Wildman–Crippen MR) is 146 cm³/mol. The Labute approximate surface area is 235 Å². The quantitative estimate of drug-likeness (QED) is 0.314. The van der Waals surface area contributed by atoms with E-state index in [1.165, 1.54) is 19.4 Å². The van der Waals surface area contributed by atoms with Gasteiger partial charge in [0, 0.05) is 56.7 Å². The van der Waals surface area contributed by atoms with Gasteiger partial charge in [0.25, 0.3) is 5.91 Å². The molecule has 1 fully saturated rings. The highest BCUT2D eigenvalue weighted by molar-refractivity contribution is 7.90. The fourth-order valence-electron chi connectivity index (χ4n) is 4.98. The van der Waals surface area contributed by atoms with Crippen LogP contribution in [0.2, 0.25) is 0 Å². The van der Waals surface area contributed by atoms with Crippen molar-refractivity contribution in [3.05, 3.63) is 95.4 Å². The molecule has 0 unspecified atom stereocenters. The van der Waals surface area contributed by atoms with Crippen LogP contribution < -0.4 is 4.74 Å². The van der Waals surface area contributed by atoms with Crippen molar-refractivity contribution < 1.29 is 31.1 Å². The highest BCUT2D eigenvalue weighted by Gasteiger charge is 2.34. The monoisotopic (exact) mass is 584 g/mol. The lowest BCUT2D eigenvalue weighted by atomic mass is 10.1. The first-order chi connectivity index (χ1) is 19.6. The van der Waals surface area contributed by atoms with Crippen molar-refractivity contribution in [1.82, 2.24) is 19.8 Å². The summed E-state index contributed by atoms with van der Waals surface area (Å²) in [5.74, 6) is -0.363. The molecule has 2 aromatic heterocycles. The summed E-state index contributed by atoms with van der Waals surface area (Å²) in [4.78, 5) is 25.0. The first-order valence-electron chi connectivity index (χ1n) is 12.8. The lowest BCUT2D eigenvalue weighted by Crippen LogP contribution is -2.48. The Balaban J connectivity index is 1.27. The van der Waals surface area contributed by atoms with Crippen molar-refractivity contribution in [3.63, 3.8) is 0 Å². The third-order valence-corrected chi connectivity index (χ3v) is 8.76. The van der Waals surface area contributed by atoms with E-state index in [2.05, 4.69) is 9.97 Å². The molecule has 0 radical (unpaired) electrons. The summed E-state index contributed by atoms with van der Waals surface area (Å²) in [6.07, 6.45) is -0.575. The number of piperazine rings is 1. The summed E-state index contributed by atoms with van der Waals surface area (Å²) < 4.78 is 72.1. The smallest absolute Gasteiger partial charge is 0.416 e. The van der Waals surface area contributed by atoms with Gasteiger partial charge in [-0.05, 0) is 41.5 Å². The predicted octanol–water partition coefficient (Wildman–Crippen LogP) is 4.59. The molecule has 8 nitrogen and oxygen atoms in total. The number of halogens is 3. The number of pyridine rings is 2. The number of aromatic nitrogens is 2. The Morgan fingerprint density at radius 2 is 1.76 bits per heavy atom. The van der Waals surface area contributed by atoms with Gasteiger partial charge in [-0.25, -0.2) is 8.42 Å². The molecular formula is C29H27F3N4O4S. The zero-order valence-electron chi connectivity index (χ0n) is 22.1. The Morgan fingerprint density at radius 3 is 2.49 bits per heavy atom. The number of ether oxygens (including phenoxy) is 1. The molecule has 3 heterocycles. The molecule has 0 N–H and O–H groups in total. The van der Waals surface area contributed by atoms with Crippen LogP contribution in [0, 0.1) is 0 Å². The summed E-state index contributed by atoms with van der Waals surface area (Å²) >= 11 is 0. The van der Waals surface area contributed by atoms with Gasteiger partial charge in [-0.3, -0.25) is 19.7 Å². The fourth-order valence-corrected chi connectivity index (χ4v) is 6.50. The molecule has 2 aromatic carbocycles. The highest BCUT2D eigenvalue weighted by Crippen LogP contribution is 2.32. The van der Waals surface area contributed by atoms with Crippen LogP contribution in [-0.2, 0) is 28.3 Å². The number of rotatable bonds is 7. The van der Waals surface area contributed by atoms with E-state index in [9.17, 15) is 26.4 Å². The SMILES string of the molecule is COc1cc(CS(=O)(=O)c2cccc3cccnc23)ccc1C(=O)N1CCN(Cc2cnccc2C(F)(F)F)CC1. The summed E-state index contributed by atoms with van der Waals surface area (Å²) in [5, 5.41) is 0.716. The van der Waals surface area contributed by atoms with Crippen LogP contribution in [0.15, 0.2) is 78.1 Å². The van der Waals surface area contributed by atoms with E-state index < -0.39 is 21.6 Å². The number of sulfone groups is 1. The van der Waals surface area contributed by atoms with E-state index in [4.69, 9.17) is 4.74 Å². The van der Waals surface area contributed by atoms with Crippen LogP contribution in [-0.4, -0.2) is 67.4 Å². The number of fused-ring (bicyclic) bond motifs is 1. The van der Waals surface area contributed by atoms with Crippen molar-refractivity contribution in [2.75, 3.05) is 33.3 Å². The minimum atomic E-state index is -4.47. The molecule has 12 heteroatoms. The number of methoxy groups -OCH3 is 1. The molecule has 0 atom stereocenters. The van der Waals surface area contributed by atoms with Gasteiger partial charge in [0.2, 0.25) is 0 Å². The molecule has 214 valence electrons. The number of hydrogen-bond donors (Lipinski definition) is 0. The normalized spacial score (nSPS) is 14.8. The van der Waals surface area contributed by atoms with Gasteiger partial charge in [-0.1, -0.05) is 24.3 Å². The molecule has 1 saturated heterocycles. The number of alkyl halides is 3. The fraction of sp³-hybridized carbons (Fsp3) is 0.276. The molecule has 1 aliphatic rings. The van der Waals surface area contributed by atoms with Crippen molar-refractivity contribution in [1.29, 1.82) is 0 Å². The van der Waals surface area contributed by atoms with Crippen LogP contribution in [0.5, 0.6) is 5.75 Å². The molecule has 41 heavy (non-hydrogen) atoms.